The Kier molecular flexibility index (Phi) is 5.56. The van der Waals surface area contributed by atoms with Crippen molar-refractivity contribution in [1.29, 1.82) is 5.26 Å². The second-order valence-corrected chi connectivity index (χ2v) is 4.99. The van der Waals surface area contributed by atoms with Crippen LogP contribution in [0.25, 0.3) is 0 Å². The van der Waals surface area contributed by atoms with Crippen molar-refractivity contribution in [2.24, 2.45) is 5.41 Å². The molecular weight excluding hydrogens is 174 g/mol. The molecule has 0 fully saturated rings. The smallest absolute Gasteiger partial charge is 0.179 e. The second-order valence-electron chi connectivity index (χ2n) is 4.99. The van der Waals surface area contributed by atoms with Crippen LogP contribution < -0.4 is 0 Å². The summed E-state index contributed by atoms with van der Waals surface area (Å²) >= 11 is 0. The summed E-state index contributed by atoms with van der Waals surface area (Å²) in [6.45, 7) is 6.50. The van der Waals surface area contributed by atoms with Gasteiger partial charge in [-0.2, -0.15) is 5.26 Å². The van der Waals surface area contributed by atoms with E-state index in [9.17, 15) is 0 Å². The van der Waals surface area contributed by atoms with Crippen molar-refractivity contribution in [3.63, 3.8) is 0 Å². The molecular formula is C11H23N3. The molecule has 0 atom stereocenters. The molecule has 0 aliphatic carbocycles. The molecule has 0 rings (SSSR count). The predicted molar refractivity (Wildman–Crippen MR) is 59.8 cm³/mol. The third-order valence-corrected chi connectivity index (χ3v) is 2.53. The van der Waals surface area contributed by atoms with Crippen molar-refractivity contribution < 1.29 is 0 Å². The van der Waals surface area contributed by atoms with E-state index in [4.69, 9.17) is 5.26 Å². The normalized spacial score (nSPS) is 11.5. The number of hydrogen-bond acceptors (Lipinski definition) is 3. The summed E-state index contributed by atoms with van der Waals surface area (Å²) in [6.07, 6.45) is 4.38. The van der Waals surface area contributed by atoms with Crippen LogP contribution in [-0.2, 0) is 0 Å². The van der Waals surface area contributed by atoms with Crippen LogP contribution in [0.1, 0.15) is 26.7 Å². The van der Waals surface area contributed by atoms with E-state index in [0.717, 1.165) is 19.5 Å². The summed E-state index contributed by atoms with van der Waals surface area (Å²) in [4.78, 5) is 3.90. The fourth-order valence-corrected chi connectivity index (χ4v) is 1.17. The Bertz CT molecular complexity index is 191. The van der Waals surface area contributed by atoms with Crippen LogP contribution >= 0.6 is 0 Å². The van der Waals surface area contributed by atoms with Crippen molar-refractivity contribution in [3.8, 4) is 6.19 Å². The maximum atomic E-state index is 8.62. The predicted octanol–water partition coefficient (Wildman–Crippen LogP) is 1.77. The third kappa shape index (κ3) is 6.73. The lowest BCUT2D eigenvalue weighted by Crippen LogP contribution is -2.25. The Balaban J connectivity index is 3.78. The summed E-state index contributed by atoms with van der Waals surface area (Å²) in [5.74, 6) is 0. The standard InChI is InChI=1S/C11H23N3/c1-11(2,6-8-13(3)4)7-9-14(5)10-12/h6-9H2,1-5H3. The highest BCUT2D eigenvalue weighted by Crippen LogP contribution is 2.24. The van der Waals surface area contributed by atoms with E-state index in [1.807, 2.05) is 7.05 Å². The van der Waals surface area contributed by atoms with Crippen molar-refractivity contribution in [2.75, 3.05) is 34.2 Å². The van der Waals surface area contributed by atoms with E-state index >= 15 is 0 Å². The molecule has 0 heterocycles. The Morgan fingerprint density at radius 3 is 2.00 bits per heavy atom. The van der Waals surface area contributed by atoms with Gasteiger partial charge in [0, 0.05) is 13.6 Å². The summed E-state index contributed by atoms with van der Waals surface area (Å²) in [5, 5.41) is 8.62. The molecule has 3 nitrogen and oxygen atoms in total. The van der Waals surface area contributed by atoms with Gasteiger partial charge < -0.3 is 9.80 Å². The van der Waals surface area contributed by atoms with Gasteiger partial charge in [-0.1, -0.05) is 13.8 Å². The van der Waals surface area contributed by atoms with Crippen LogP contribution in [0.3, 0.4) is 0 Å². The van der Waals surface area contributed by atoms with Gasteiger partial charge in [-0.3, -0.25) is 0 Å². The Morgan fingerprint density at radius 1 is 1.07 bits per heavy atom. The fourth-order valence-electron chi connectivity index (χ4n) is 1.17. The van der Waals surface area contributed by atoms with Gasteiger partial charge in [0.15, 0.2) is 6.19 Å². The summed E-state index contributed by atoms with van der Waals surface area (Å²) in [6, 6.07) is 0. The minimum atomic E-state index is 0.329. The minimum absolute atomic E-state index is 0.329. The van der Waals surface area contributed by atoms with Crippen LogP contribution in [0, 0.1) is 16.9 Å². The average Bonchev–Trinajstić information content (AvgIpc) is 2.11. The molecule has 0 spiro atoms. The number of nitriles is 1. The first-order valence-corrected chi connectivity index (χ1v) is 5.13. The summed E-state index contributed by atoms with van der Waals surface area (Å²) < 4.78 is 0. The van der Waals surface area contributed by atoms with E-state index < -0.39 is 0 Å². The molecule has 14 heavy (non-hydrogen) atoms. The molecule has 0 saturated carbocycles. The van der Waals surface area contributed by atoms with E-state index in [2.05, 4.69) is 39.0 Å². The number of hydrogen-bond donors (Lipinski definition) is 0. The lowest BCUT2D eigenvalue weighted by Gasteiger charge is -2.27. The van der Waals surface area contributed by atoms with E-state index in [1.165, 1.54) is 6.42 Å². The molecule has 0 radical (unpaired) electrons. The molecule has 0 aromatic rings. The van der Waals surface area contributed by atoms with Gasteiger partial charge in [-0.25, -0.2) is 0 Å². The molecule has 0 aliphatic heterocycles. The molecule has 0 N–H and O–H groups in total. The zero-order valence-electron chi connectivity index (χ0n) is 10.2. The summed E-state index contributed by atoms with van der Waals surface area (Å²) in [5.41, 5.74) is 0.329. The van der Waals surface area contributed by atoms with Crippen LogP contribution in [0.5, 0.6) is 0 Å². The molecule has 0 aromatic carbocycles. The van der Waals surface area contributed by atoms with Crippen LogP contribution in [-0.4, -0.2) is 44.0 Å². The van der Waals surface area contributed by atoms with Gasteiger partial charge in [0.2, 0.25) is 0 Å². The third-order valence-electron chi connectivity index (χ3n) is 2.53. The molecule has 0 aliphatic rings. The van der Waals surface area contributed by atoms with Gasteiger partial charge in [0.05, 0.1) is 0 Å². The van der Waals surface area contributed by atoms with Gasteiger partial charge in [-0.15, -0.1) is 0 Å². The van der Waals surface area contributed by atoms with Crippen molar-refractivity contribution >= 4 is 0 Å². The van der Waals surface area contributed by atoms with Gasteiger partial charge in [-0.05, 0) is 38.9 Å². The zero-order valence-corrected chi connectivity index (χ0v) is 10.2. The largest absolute Gasteiger partial charge is 0.314 e. The molecule has 0 saturated heterocycles. The Hall–Kier alpha value is -0.750. The minimum Gasteiger partial charge on any atom is -0.314 e. The van der Waals surface area contributed by atoms with Crippen LogP contribution in [0.2, 0.25) is 0 Å². The maximum Gasteiger partial charge on any atom is 0.179 e. The first-order chi connectivity index (χ1) is 6.37. The highest BCUT2D eigenvalue weighted by Gasteiger charge is 2.18. The fraction of sp³-hybridized carbons (Fsp3) is 0.909. The number of rotatable bonds is 6. The highest BCUT2D eigenvalue weighted by atomic mass is 15.1. The quantitative estimate of drug-likeness (QED) is 0.480. The molecule has 0 amide bonds. The average molecular weight is 197 g/mol. The van der Waals surface area contributed by atoms with E-state index in [-0.39, 0.29) is 0 Å². The lowest BCUT2D eigenvalue weighted by atomic mass is 9.85. The van der Waals surface area contributed by atoms with Crippen LogP contribution in [0.15, 0.2) is 0 Å². The maximum absolute atomic E-state index is 8.62. The SMILES string of the molecule is CN(C)CCC(C)(C)CCN(C)C#N. The lowest BCUT2D eigenvalue weighted by molar-refractivity contribution is 0.238. The summed E-state index contributed by atoms with van der Waals surface area (Å²) in [7, 11) is 6.02. The second kappa shape index (κ2) is 5.87. The topological polar surface area (TPSA) is 30.3 Å². The molecule has 0 bridgehead atoms. The van der Waals surface area contributed by atoms with Gasteiger partial charge >= 0.3 is 0 Å². The Labute approximate surface area is 88.3 Å². The first-order valence-electron chi connectivity index (χ1n) is 5.13. The first kappa shape index (κ1) is 13.2. The van der Waals surface area contributed by atoms with Gasteiger partial charge in [0.1, 0.15) is 0 Å². The van der Waals surface area contributed by atoms with E-state index in [0.29, 0.717) is 5.41 Å². The molecule has 0 aromatic heterocycles. The van der Waals surface area contributed by atoms with E-state index in [1.54, 1.807) is 4.90 Å². The van der Waals surface area contributed by atoms with Gasteiger partial charge in [0.25, 0.3) is 0 Å². The molecule has 3 heteroatoms. The molecule has 0 unspecified atom stereocenters. The van der Waals surface area contributed by atoms with Crippen LogP contribution in [0.4, 0.5) is 0 Å². The van der Waals surface area contributed by atoms with Crippen molar-refractivity contribution in [1.82, 2.24) is 9.80 Å². The van der Waals surface area contributed by atoms with Crippen molar-refractivity contribution in [2.45, 2.75) is 26.7 Å². The molecule has 82 valence electrons. The highest BCUT2D eigenvalue weighted by molar-refractivity contribution is 4.75. The number of nitrogens with zero attached hydrogens (tertiary/aromatic N) is 3. The monoisotopic (exact) mass is 197 g/mol. The van der Waals surface area contributed by atoms with Crippen molar-refractivity contribution in [3.05, 3.63) is 0 Å². The Morgan fingerprint density at radius 2 is 1.57 bits per heavy atom. The zero-order chi connectivity index (χ0) is 11.2.